The topological polar surface area (TPSA) is 126 Å². The summed E-state index contributed by atoms with van der Waals surface area (Å²) in [6, 6.07) is 17.5. The van der Waals surface area contributed by atoms with Crippen molar-refractivity contribution in [2.75, 3.05) is 33.7 Å². The molecule has 4 rings (SSSR count). The van der Waals surface area contributed by atoms with Crippen molar-refractivity contribution in [3.05, 3.63) is 66.2 Å². The molecule has 0 bridgehead atoms. The summed E-state index contributed by atoms with van der Waals surface area (Å²) in [5.41, 5.74) is 7.23. The third-order valence-electron chi connectivity index (χ3n) is 6.24. The van der Waals surface area contributed by atoms with Crippen molar-refractivity contribution in [1.82, 2.24) is 14.2 Å². The van der Waals surface area contributed by atoms with Crippen molar-refractivity contribution < 1.29 is 23.1 Å². The van der Waals surface area contributed by atoms with Crippen molar-refractivity contribution in [3.63, 3.8) is 0 Å². The predicted molar refractivity (Wildman–Crippen MR) is 132 cm³/mol. The second kappa shape index (κ2) is 10.3. The molecule has 1 amide bonds. The van der Waals surface area contributed by atoms with Gasteiger partial charge in [-0.15, -0.1) is 0 Å². The maximum absolute atomic E-state index is 12.6. The summed E-state index contributed by atoms with van der Waals surface area (Å²) < 4.78 is 32.1. The molecule has 9 nitrogen and oxygen atoms in total. The van der Waals surface area contributed by atoms with Crippen LogP contribution in [0, 0.1) is 0 Å². The van der Waals surface area contributed by atoms with E-state index in [4.69, 9.17) is 10.5 Å². The highest BCUT2D eigenvalue weighted by atomic mass is 32.2. The molecule has 186 valence electrons. The fourth-order valence-corrected chi connectivity index (χ4v) is 5.26. The van der Waals surface area contributed by atoms with Crippen LogP contribution in [0.15, 0.2) is 65.6 Å². The average Bonchev–Trinajstić information content (AvgIpc) is 3.25. The summed E-state index contributed by atoms with van der Waals surface area (Å²) in [4.78, 5) is 19.3. The Morgan fingerprint density at radius 3 is 2.57 bits per heavy atom. The highest BCUT2D eigenvalue weighted by Gasteiger charge is 2.34. The Balaban J connectivity index is 1.63. The molecule has 0 aliphatic carbocycles. The molecular formula is C25H30N4O5S. The summed E-state index contributed by atoms with van der Waals surface area (Å²) in [6.45, 7) is 1.75. The van der Waals surface area contributed by atoms with Gasteiger partial charge < -0.3 is 15.6 Å². The number of carbonyl (C=O) groups is 1. The molecule has 1 unspecified atom stereocenters. The molecule has 1 saturated heterocycles. The standard InChI is InChI=1S/C25H30N4O5S/c1-28(2)35(32,33)20-9-10-22-18(14-20)8-11-23(27-22)34-24(25(26)31)21(17-6-4-3-5-7-17)16-29-13-12-19(30)15-29/h3-11,14,19,21,24,30H,12-13,15-16H2,1-2H3,(H2,26,31)/t19-,21+,24?/m0/s1. The summed E-state index contributed by atoms with van der Waals surface area (Å²) in [5.74, 6) is -0.774. The molecule has 1 aliphatic heterocycles. The summed E-state index contributed by atoms with van der Waals surface area (Å²) in [5, 5.41) is 10.6. The first-order chi connectivity index (χ1) is 16.6. The Morgan fingerprint density at radius 1 is 1.20 bits per heavy atom. The molecule has 2 aromatic carbocycles. The number of carbonyl (C=O) groups excluding carboxylic acids is 1. The maximum atomic E-state index is 12.6. The van der Waals surface area contributed by atoms with E-state index in [2.05, 4.69) is 9.88 Å². The number of pyridine rings is 1. The van der Waals surface area contributed by atoms with Gasteiger partial charge in [-0.05, 0) is 36.2 Å². The minimum Gasteiger partial charge on any atom is -0.464 e. The van der Waals surface area contributed by atoms with Crippen LogP contribution in [0.5, 0.6) is 5.88 Å². The van der Waals surface area contributed by atoms with Gasteiger partial charge in [-0.25, -0.2) is 17.7 Å². The number of aliphatic hydroxyl groups excluding tert-OH is 1. The third-order valence-corrected chi connectivity index (χ3v) is 8.05. The lowest BCUT2D eigenvalue weighted by molar-refractivity contribution is -0.126. The number of nitrogens with zero attached hydrogens (tertiary/aromatic N) is 3. The summed E-state index contributed by atoms with van der Waals surface area (Å²) >= 11 is 0. The SMILES string of the molecule is CN(C)S(=O)(=O)c1ccc2nc(OC(C(N)=O)[C@H](CN3CC[C@H](O)C3)c3ccccc3)ccc2c1. The number of fused-ring (bicyclic) bond motifs is 1. The van der Waals surface area contributed by atoms with Crippen LogP contribution in [0.4, 0.5) is 0 Å². The van der Waals surface area contributed by atoms with Crippen LogP contribution >= 0.6 is 0 Å². The molecule has 2 heterocycles. The van der Waals surface area contributed by atoms with E-state index >= 15 is 0 Å². The van der Waals surface area contributed by atoms with Gasteiger partial charge in [0.1, 0.15) is 0 Å². The zero-order valence-corrected chi connectivity index (χ0v) is 20.6. The average molecular weight is 499 g/mol. The number of β-amino-alcohol motifs (C(OH)–C–C–N with tert-alkyl or cyclic N) is 1. The summed E-state index contributed by atoms with van der Waals surface area (Å²) in [6.07, 6.45) is -0.697. The predicted octanol–water partition coefficient (Wildman–Crippen LogP) is 1.57. The van der Waals surface area contributed by atoms with Gasteiger partial charge >= 0.3 is 0 Å². The van der Waals surface area contributed by atoms with E-state index in [0.29, 0.717) is 30.4 Å². The van der Waals surface area contributed by atoms with Gasteiger partial charge in [0.15, 0.2) is 6.10 Å². The molecule has 1 fully saturated rings. The van der Waals surface area contributed by atoms with Gasteiger partial charge in [-0.1, -0.05) is 30.3 Å². The number of rotatable bonds is 9. The van der Waals surface area contributed by atoms with Gasteiger partial charge in [0.2, 0.25) is 15.9 Å². The minimum atomic E-state index is -3.58. The normalized spacial score (nSPS) is 18.6. The van der Waals surface area contributed by atoms with E-state index in [9.17, 15) is 18.3 Å². The number of benzene rings is 2. The van der Waals surface area contributed by atoms with Crippen LogP contribution in [-0.4, -0.2) is 79.6 Å². The number of sulfonamides is 1. The maximum Gasteiger partial charge on any atom is 0.259 e. The lowest BCUT2D eigenvalue weighted by Crippen LogP contribution is -2.43. The Labute approximate surface area is 205 Å². The van der Waals surface area contributed by atoms with Gasteiger partial charge in [0.05, 0.1) is 16.5 Å². The van der Waals surface area contributed by atoms with Gasteiger partial charge in [0.25, 0.3) is 5.91 Å². The Bertz CT molecular complexity index is 1300. The van der Waals surface area contributed by atoms with Crippen molar-refractivity contribution >= 4 is 26.8 Å². The monoisotopic (exact) mass is 498 g/mol. The number of primary amides is 1. The number of aliphatic hydroxyl groups is 1. The minimum absolute atomic E-state index is 0.164. The van der Waals surface area contributed by atoms with Crippen LogP contribution < -0.4 is 10.5 Å². The number of ether oxygens (including phenoxy) is 1. The van der Waals surface area contributed by atoms with Gasteiger partial charge in [0, 0.05) is 51.1 Å². The molecule has 10 heteroatoms. The Morgan fingerprint density at radius 2 is 1.94 bits per heavy atom. The second-order valence-electron chi connectivity index (χ2n) is 8.95. The molecule has 1 aliphatic rings. The van der Waals surface area contributed by atoms with E-state index in [1.807, 2.05) is 30.3 Å². The van der Waals surface area contributed by atoms with Crippen LogP contribution in [0.1, 0.15) is 17.9 Å². The molecule has 1 aromatic heterocycles. The molecule has 0 spiro atoms. The zero-order valence-electron chi connectivity index (χ0n) is 19.7. The lowest BCUT2D eigenvalue weighted by atomic mass is 9.92. The molecular weight excluding hydrogens is 468 g/mol. The molecule has 3 aromatic rings. The van der Waals surface area contributed by atoms with Crippen molar-refractivity contribution in [3.8, 4) is 5.88 Å². The molecule has 3 N–H and O–H groups in total. The second-order valence-corrected chi connectivity index (χ2v) is 11.1. The first-order valence-electron chi connectivity index (χ1n) is 11.4. The van der Waals surface area contributed by atoms with Crippen LogP contribution in [-0.2, 0) is 14.8 Å². The van der Waals surface area contributed by atoms with E-state index in [0.717, 1.165) is 16.4 Å². The van der Waals surface area contributed by atoms with E-state index < -0.39 is 22.0 Å². The Kier molecular flexibility index (Phi) is 7.36. The first kappa shape index (κ1) is 25.1. The van der Waals surface area contributed by atoms with Crippen molar-refractivity contribution in [2.24, 2.45) is 5.73 Å². The number of aromatic nitrogens is 1. The summed E-state index contributed by atoms with van der Waals surface area (Å²) in [7, 11) is -0.622. The van der Waals surface area contributed by atoms with Gasteiger partial charge in [-0.2, -0.15) is 0 Å². The number of hydrogen-bond acceptors (Lipinski definition) is 7. The zero-order chi connectivity index (χ0) is 25.2. The molecule has 3 atom stereocenters. The smallest absolute Gasteiger partial charge is 0.259 e. The molecule has 0 saturated carbocycles. The van der Waals surface area contributed by atoms with E-state index in [-0.39, 0.29) is 22.8 Å². The van der Waals surface area contributed by atoms with Crippen LogP contribution in [0.3, 0.4) is 0 Å². The fraction of sp³-hybridized carbons (Fsp3) is 0.360. The van der Waals surface area contributed by atoms with Crippen LogP contribution in [0.2, 0.25) is 0 Å². The van der Waals surface area contributed by atoms with Gasteiger partial charge in [-0.3, -0.25) is 9.69 Å². The fourth-order valence-electron chi connectivity index (χ4n) is 4.32. The highest BCUT2D eigenvalue weighted by Crippen LogP contribution is 2.28. The number of hydrogen-bond donors (Lipinski definition) is 2. The third kappa shape index (κ3) is 5.62. The quantitative estimate of drug-likeness (QED) is 0.459. The van der Waals surface area contributed by atoms with E-state index in [1.54, 1.807) is 24.3 Å². The number of likely N-dealkylation sites (tertiary alicyclic amines) is 1. The molecule has 35 heavy (non-hydrogen) atoms. The number of nitrogens with two attached hydrogens (primary N) is 1. The van der Waals surface area contributed by atoms with Crippen LogP contribution in [0.25, 0.3) is 10.9 Å². The highest BCUT2D eigenvalue weighted by molar-refractivity contribution is 7.89. The molecule has 0 radical (unpaired) electrons. The first-order valence-corrected chi connectivity index (χ1v) is 12.8. The Hall–Kier alpha value is -3.05. The van der Waals surface area contributed by atoms with E-state index in [1.165, 1.54) is 20.2 Å². The largest absolute Gasteiger partial charge is 0.464 e. The lowest BCUT2D eigenvalue weighted by Gasteiger charge is -2.29. The van der Waals surface area contributed by atoms with Crippen molar-refractivity contribution in [2.45, 2.75) is 29.4 Å². The van der Waals surface area contributed by atoms with Crippen molar-refractivity contribution in [1.29, 1.82) is 0 Å². The number of amides is 1.